The Morgan fingerprint density at radius 1 is 1.35 bits per heavy atom. The van der Waals surface area contributed by atoms with E-state index in [0.717, 1.165) is 37.4 Å². The van der Waals surface area contributed by atoms with Gasteiger partial charge in [0.05, 0.1) is 6.61 Å². The molecular weight excluding hydrogens is 248 g/mol. The molecule has 1 aliphatic carbocycles. The highest BCUT2D eigenvalue weighted by molar-refractivity contribution is 5.25. The molecular formula is C17H26N2O. The fraction of sp³-hybridized carbons (Fsp3) is 0.588. The Bertz CT molecular complexity index is 442. The molecule has 0 saturated heterocycles. The van der Waals surface area contributed by atoms with E-state index in [9.17, 15) is 0 Å². The number of nitrogens with zero attached hydrogens (tertiary/aromatic N) is 1. The van der Waals surface area contributed by atoms with Crippen LogP contribution < -0.4 is 10.1 Å². The van der Waals surface area contributed by atoms with Crippen molar-refractivity contribution in [3.63, 3.8) is 0 Å². The molecule has 0 fully saturated rings. The Hall–Kier alpha value is -1.35. The Morgan fingerprint density at radius 2 is 2.15 bits per heavy atom. The molecule has 0 bridgehead atoms. The van der Waals surface area contributed by atoms with Crippen molar-refractivity contribution in [2.75, 3.05) is 6.61 Å². The first-order chi connectivity index (χ1) is 9.66. The van der Waals surface area contributed by atoms with Crippen molar-refractivity contribution in [3.8, 4) is 5.88 Å². The molecule has 3 nitrogen and oxygen atoms in total. The van der Waals surface area contributed by atoms with Crippen molar-refractivity contribution in [2.24, 2.45) is 11.8 Å². The summed E-state index contributed by atoms with van der Waals surface area (Å²) in [5, 5.41) is 3.42. The van der Waals surface area contributed by atoms with E-state index in [4.69, 9.17) is 4.74 Å². The van der Waals surface area contributed by atoms with Gasteiger partial charge in [-0.25, -0.2) is 4.98 Å². The van der Waals surface area contributed by atoms with E-state index in [1.54, 1.807) is 6.20 Å². The summed E-state index contributed by atoms with van der Waals surface area (Å²) in [6, 6.07) is 4.52. The standard InChI is InChI=1S/C17H26N2O/c1-13(2)19-11-15-9-6-10-18-17(15)20-12-16-8-5-4-7-14(16)3/h4-6,9-10,13-14,16,19H,7-8,11-12H2,1-3H3. The maximum atomic E-state index is 5.99. The summed E-state index contributed by atoms with van der Waals surface area (Å²) >= 11 is 0. The largest absolute Gasteiger partial charge is 0.477 e. The fourth-order valence-corrected chi connectivity index (χ4v) is 2.43. The predicted molar refractivity (Wildman–Crippen MR) is 82.7 cm³/mol. The van der Waals surface area contributed by atoms with Gasteiger partial charge < -0.3 is 10.1 Å². The number of hydrogen-bond donors (Lipinski definition) is 1. The average molecular weight is 274 g/mol. The minimum absolute atomic E-state index is 0.464. The summed E-state index contributed by atoms with van der Waals surface area (Å²) in [7, 11) is 0. The molecule has 110 valence electrons. The maximum absolute atomic E-state index is 5.99. The molecule has 0 aliphatic heterocycles. The molecule has 2 unspecified atom stereocenters. The van der Waals surface area contributed by atoms with Crippen molar-refractivity contribution in [1.82, 2.24) is 10.3 Å². The van der Waals surface area contributed by atoms with Gasteiger partial charge in [-0.3, -0.25) is 0 Å². The topological polar surface area (TPSA) is 34.2 Å². The van der Waals surface area contributed by atoms with Gasteiger partial charge in [-0.2, -0.15) is 0 Å². The van der Waals surface area contributed by atoms with Crippen LogP contribution in [0.3, 0.4) is 0 Å². The molecule has 0 radical (unpaired) electrons. The molecule has 2 atom stereocenters. The van der Waals surface area contributed by atoms with Gasteiger partial charge in [-0.15, -0.1) is 0 Å². The van der Waals surface area contributed by atoms with Crippen LogP contribution in [0.25, 0.3) is 0 Å². The third-order valence-electron chi connectivity index (χ3n) is 3.90. The lowest BCUT2D eigenvalue weighted by molar-refractivity contribution is 0.191. The number of rotatable bonds is 6. The minimum atomic E-state index is 0.464. The monoisotopic (exact) mass is 274 g/mol. The first-order valence-corrected chi connectivity index (χ1v) is 7.62. The molecule has 1 N–H and O–H groups in total. The summed E-state index contributed by atoms with van der Waals surface area (Å²) in [6.07, 6.45) is 8.64. The summed E-state index contributed by atoms with van der Waals surface area (Å²) < 4.78 is 5.99. The average Bonchev–Trinajstić information content (AvgIpc) is 2.45. The number of aromatic nitrogens is 1. The molecule has 1 aliphatic rings. The molecule has 0 amide bonds. The lowest BCUT2D eigenvalue weighted by atomic mass is 9.85. The molecule has 1 aromatic rings. The van der Waals surface area contributed by atoms with Gasteiger partial charge >= 0.3 is 0 Å². The van der Waals surface area contributed by atoms with Crippen LogP contribution in [0, 0.1) is 11.8 Å². The van der Waals surface area contributed by atoms with Crippen LogP contribution in [-0.2, 0) is 6.54 Å². The molecule has 20 heavy (non-hydrogen) atoms. The quantitative estimate of drug-likeness (QED) is 0.805. The second-order valence-electron chi connectivity index (χ2n) is 5.99. The van der Waals surface area contributed by atoms with Gasteiger partial charge in [0.15, 0.2) is 0 Å². The minimum Gasteiger partial charge on any atom is -0.477 e. The number of ether oxygens (including phenoxy) is 1. The van der Waals surface area contributed by atoms with Gasteiger partial charge in [-0.1, -0.05) is 39.0 Å². The molecule has 3 heteroatoms. The number of pyridine rings is 1. The van der Waals surface area contributed by atoms with Crippen LogP contribution in [-0.4, -0.2) is 17.6 Å². The van der Waals surface area contributed by atoms with Crippen LogP contribution >= 0.6 is 0 Å². The van der Waals surface area contributed by atoms with Gasteiger partial charge in [0, 0.05) is 24.3 Å². The zero-order valence-corrected chi connectivity index (χ0v) is 12.8. The van der Waals surface area contributed by atoms with Crippen LogP contribution in [0.1, 0.15) is 39.2 Å². The van der Waals surface area contributed by atoms with E-state index in [1.807, 2.05) is 6.07 Å². The molecule has 1 aromatic heterocycles. The van der Waals surface area contributed by atoms with Gasteiger partial charge in [0.2, 0.25) is 5.88 Å². The van der Waals surface area contributed by atoms with Gasteiger partial charge in [-0.05, 0) is 30.7 Å². The van der Waals surface area contributed by atoms with E-state index in [2.05, 4.69) is 49.3 Å². The first kappa shape index (κ1) is 15.0. The van der Waals surface area contributed by atoms with Crippen LogP contribution in [0.15, 0.2) is 30.5 Å². The first-order valence-electron chi connectivity index (χ1n) is 7.62. The van der Waals surface area contributed by atoms with Gasteiger partial charge in [0.25, 0.3) is 0 Å². The van der Waals surface area contributed by atoms with Crippen LogP contribution in [0.2, 0.25) is 0 Å². The van der Waals surface area contributed by atoms with E-state index >= 15 is 0 Å². The third-order valence-corrected chi connectivity index (χ3v) is 3.90. The van der Waals surface area contributed by atoms with Gasteiger partial charge in [0.1, 0.15) is 0 Å². The lowest BCUT2D eigenvalue weighted by Crippen LogP contribution is -2.24. The van der Waals surface area contributed by atoms with E-state index < -0.39 is 0 Å². The smallest absolute Gasteiger partial charge is 0.217 e. The fourth-order valence-electron chi connectivity index (χ4n) is 2.43. The highest BCUT2D eigenvalue weighted by Crippen LogP contribution is 2.26. The molecule has 0 spiro atoms. The van der Waals surface area contributed by atoms with Crippen molar-refractivity contribution in [1.29, 1.82) is 0 Å². The third kappa shape index (κ3) is 4.34. The van der Waals surface area contributed by atoms with Crippen LogP contribution in [0.4, 0.5) is 0 Å². The van der Waals surface area contributed by atoms with Crippen molar-refractivity contribution < 1.29 is 4.74 Å². The van der Waals surface area contributed by atoms with E-state index in [-0.39, 0.29) is 0 Å². The highest BCUT2D eigenvalue weighted by Gasteiger charge is 2.19. The summed E-state index contributed by atoms with van der Waals surface area (Å²) in [5.74, 6) is 2.08. The zero-order chi connectivity index (χ0) is 14.4. The molecule has 0 aromatic carbocycles. The second-order valence-corrected chi connectivity index (χ2v) is 5.99. The van der Waals surface area contributed by atoms with Crippen LogP contribution in [0.5, 0.6) is 5.88 Å². The summed E-state index contributed by atoms with van der Waals surface area (Å²) in [6.45, 7) is 8.16. The normalized spacial score (nSPS) is 22.2. The number of nitrogens with one attached hydrogen (secondary N) is 1. The van der Waals surface area contributed by atoms with E-state index in [1.165, 1.54) is 0 Å². The highest BCUT2D eigenvalue weighted by atomic mass is 16.5. The Kier molecular flexibility index (Phi) is 5.60. The molecule has 2 rings (SSSR count). The molecule has 1 heterocycles. The maximum Gasteiger partial charge on any atom is 0.217 e. The van der Waals surface area contributed by atoms with Crippen molar-refractivity contribution >= 4 is 0 Å². The number of hydrogen-bond acceptors (Lipinski definition) is 3. The summed E-state index contributed by atoms with van der Waals surface area (Å²) in [4.78, 5) is 4.39. The second kappa shape index (κ2) is 7.44. The predicted octanol–water partition coefficient (Wildman–Crippen LogP) is 3.56. The summed E-state index contributed by atoms with van der Waals surface area (Å²) in [5.41, 5.74) is 1.14. The zero-order valence-electron chi connectivity index (χ0n) is 12.8. The van der Waals surface area contributed by atoms with Crippen molar-refractivity contribution in [3.05, 3.63) is 36.0 Å². The van der Waals surface area contributed by atoms with E-state index in [0.29, 0.717) is 17.9 Å². The lowest BCUT2D eigenvalue weighted by Gasteiger charge is -2.25. The SMILES string of the molecule is CC(C)NCc1cccnc1OCC1CC=CCC1C. The Morgan fingerprint density at radius 3 is 2.90 bits per heavy atom. The van der Waals surface area contributed by atoms with Crippen molar-refractivity contribution in [2.45, 2.75) is 46.2 Å². The molecule has 0 saturated carbocycles. The Labute approximate surface area is 122 Å². The number of allylic oxidation sites excluding steroid dienone is 2. The Balaban J connectivity index is 1.93.